The molecule has 0 spiro atoms. The van der Waals surface area contributed by atoms with Gasteiger partial charge in [-0.1, -0.05) is 29.9 Å². The molecule has 0 aromatic rings. The summed E-state index contributed by atoms with van der Waals surface area (Å²) in [7, 11) is 0. The van der Waals surface area contributed by atoms with Crippen molar-refractivity contribution >= 4 is 0 Å². The van der Waals surface area contributed by atoms with Crippen LogP contribution in [0, 0.1) is 5.92 Å². The Morgan fingerprint density at radius 1 is 1.29 bits per heavy atom. The van der Waals surface area contributed by atoms with Gasteiger partial charge < -0.3 is 20.4 Å². The van der Waals surface area contributed by atoms with Crippen LogP contribution in [0.2, 0.25) is 0 Å². The number of hydrogen-bond donors (Lipinski definition) is 4. The maximum absolute atomic E-state index is 10.5. The zero-order chi connectivity index (χ0) is 18.3. The van der Waals surface area contributed by atoms with E-state index in [9.17, 15) is 20.4 Å². The minimum atomic E-state index is -1.15. The van der Waals surface area contributed by atoms with Gasteiger partial charge in [-0.3, -0.25) is 0 Å². The van der Waals surface area contributed by atoms with Crippen molar-refractivity contribution in [1.82, 2.24) is 0 Å². The van der Waals surface area contributed by atoms with Gasteiger partial charge in [-0.25, -0.2) is 0 Å². The van der Waals surface area contributed by atoms with E-state index in [1.54, 1.807) is 13.0 Å². The molecule has 0 unspecified atom stereocenters. The molecule has 0 saturated carbocycles. The van der Waals surface area contributed by atoms with Crippen LogP contribution < -0.4 is 0 Å². The third-order valence-electron chi connectivity index (χ3n) is 5.10. The summed E-state index contributed by atoms with van der Waals surface area (Å²) in [4.78, 5) is 0. The van der Waals surface area contributed by atoms with Crippen LogP contribution in [0.4, 0.5) is 0 Å². The Morgan fingerprint density at radius 2 is 1.96 bits per heavy atom. The van der Waals surface area contributed by atoms with Crippen molar-refractivity contribution in [2.24, 2.45) is 5.92 Å². The van der Waals surface area contributed by atoms with E-state index >= 15 is 0 Å². The molecule has 4 heteroatoms. The quantitative estimate of drug-likeness (QED) is 0.584. The van der Waals surface area contributed by atoms with Crippen molar-refractivity contribution in [3.8, 4) is 0 Å². The minimum Gasteiger partial charge on any atom is -0.392 e. The van der Waals surface area contributed by atoms with Crippen LogP contribution in [0.5, 0.6) is 0 Å². The SMILES string of the molecule is C=C(C)[C@H]1CC/C(C)=C/CC[C@@](C)(O)[C@@H](O)CC/C(CO)=C\[C@@H]1O. The Bertz CT molecular complexity index is 476. The summed E-state index contributed by atoms with van der Waals surface area (Å²) in [6.45, 7) is 9.46. The maximum Gasteiger partial charge on any atom is 0.0880 e. The standard InChI is InChI=1S/C20H34O4/c1-14(2)17-9-7-15(3)6-5-11-20(4,24)19(23)10-8-16(13-21)12-18(17)22/h6,12,17-19,21-24H,1,5,7-11,13H2,2-4H3/b15-6+,16-12+/t17-,18+,19+,20-/m1/s1. The highest BCUT2D eigenvalue weighted by atomic mass is 16.3. The fourth-order valence-electron chi connectivity index (χ4n) is 3.18. The number of hydrogen-bond acceptors (Lipinski definition) is 4. The van der Waals surface area contributed by atoms with Crippen molar-refractivity contribution in [2.75, 3.05) is 6.61 Å². The molecular weight excluding hydrogens is 304 g/mol. The highest BCUT2D eigenvalue weighted by molar-refractivity contribution is 5.13. The van der Waals surface area contributed by atoms with Crippen LogP contribution in [-0.2, 0) is 0 Å². The summed E-state index contributed by atoms with van der Waals surface area (Å²) in [6, 6.07) is 0. The topological polar surface area (TPSA) is 80.9 Å². The van der Waals surface area contributed by atoms with Crippen LogP contribution in [0.15, 0.2) is 35.5 Å². The normalized spacial score (nSPS) is 38.4. The molecule has 1 aliphatic rings. The van der Waals surface area contributed by atoms with Gasteiger partial charge in [0.25, 0.3) is 0 Å². The molecule has 138 valence electrons. The second-order valence-corrected chi connectivity index (χ2v) is 7.47. The van der Waals surface area contributed by atoms with Crippen LogP contribution in [0.3, 0.4) is 0 Å². The average molecular weight is 338 g/mol. The number of aliphatic hydroxyl groups is 4. The predicted octanol–water partition coefficient (Wildman–Crippen LogP) is 2.87. The van der Waals surface area contributed by atoms with Crippen molar-refractivity contribution in [3.63, 3.8) is 0 Å². The second kappa shape index (κ2) is 9.52. The Balaban J connectivity index is 3.03. The molecule has 0 saturated heterocycles. The predicted molar refractivity (Wildman–Crippen MR) is 97.6 cm³/mol. The van der Waals surface area contributed by atoms with Gasteiger partial charge in [-0.2, -0.15) is 0 Å². The summed E-state index contributed by atoms with van der Waals surface area (Å²) in [5.74, 6) is -0.0501. The molecule has 4 N–H and O–H groups in total. The molecule has 0 fully saturated rings. The van der Waals surface area contributed by atoms with E-state index in [4.69, 9.17) is 0 Å². The first kappa shape index (κ1) is 21.1. The van der Waals surface area contributed by atoms with Crippen LogP contribution in [-0.4, -0.2) is 44.8 Å². The van der Waals surface area contributed by atoms with Crippen molar-refractivity contribution < 1.29 is 20.4 Å². The van der Waals surface area contributed by atoms with Gasteiger partial charge >= 0.3 is 0 Å². The van der Waals surface area contributed by atoms with E-state index in [0.29, 0.717) is 31.3 Å². The van der Waals surface area contributed by atoms with Crippen molar-refractivity contribution in [1.29, 1.82) is 0 Å². The van der Waals surface area contributed by atoms with Crippen LogP contribution in [0.1, 0.15) is 59.3 Å². The smallest absolute Gasteiger partial charge is 0.0880 e. The second-order valence-electron chi connectivity index (χ2n) is 7.47. The van der Waals surface area contributed by atoms with Gasteiger partial charge in [-0.05, 0) is 64.9 Å². The van der Waals surface area contributed by atoms with E-state index in [1.165, 1.54) is 5.57 Å². The largest absolute Gasteiger partial charge is 0.392 e. The summed E-state index contributed by atoms with van der Waals surface area (Å²) in [6.07, 6.45) is 5.88. The first-order valence-corrected chi connectivity index (χ1v) is 8.87. The van der Waals surface area contributed by atoms with Gasteiger partial charge in [0.2, 0.25) is 0 Å². The lowest BCUT2D eigenvalue weighted by Crippen LogP contribution is -2.39. The third kappa shape index (κ3) is 6.52. The number of allylic oxidation sites excluding steroid dienone is 2. The Labute approximate surface area is 146 Å². The number of rotatable bonds is 2. The highest BCUT2D eigenvalue weighted by Gasteiger charge is 2.29. The molecule has 0 amide bonds. The first-order valence-electron chi connectivity index (χ1n) is 8.87. The van der Waals surface area contributed by atoms with Gasteiger partial charge in [-0.15, -0.1) is 0 Å². The Hall–Kier alpha value is -0.940. The van der Waals surface area contributed by atoms with E-state index < -0.39 is 17.8 Å². The molecular formula is C20H34O4. The average Bonchev–Trinajstić information content (AvgIpc) is 2.49. The first-order chi connectivity index (χ1) is 11.2. The molecule has 4 atom stereocenters. The molecule has 0 heterocycles. The van der Waals surface area contributed by atoms with E-state index in [-0.39, 0.29) is 12.5 Å². The zero-order valence-corrected chi connectivity index (χ0v) is 15.3. The monoisotopic (exact) mass is 338 g/mol. The van der Waals surface area contributed by atoms with E-state index in [2.05, 4.69) is 12.7 Å². The molecule has 0 radical (unpaired) electrons. The zero-order valence-electron chi connectivity index (χ0n) is 15.3. The third-order valence-corrected chi connectivity index (χ3v) is 5.10. The molecule has 1 rings (SSSR count). The summed E-state index contributed by atoms with van der Waals surface area (Å²) in [5, 5.41) is 40.8. The van der Waals surface area contributed by atoms with Gasteiger partial charge in [0, 0.05) is 5.92 Å². The number of aliphatic hydroxyl groups excluding tert-OH is 3. The van der Waals surface area contributed by atoms with Gasteiger partial charge in [0.15, 0.2) is 0 Å². The van der Waals surface area contributed by atoms with E-state index in [0.717, 1.165) is 18.4 Å². The molecule has 0 aromatic carbocycles. The molecule has 0 aromatic heterocycles. The Kier molecular flexibility index (Phi) is 8.37. The minimum absolute atomic E-state index is 0.0501. The van der Waals surface area contributed by atoms with Crippen LogP contribution in [0.25, 0.3) is 0 Å². The molecule has 4 nitrogen and oxygen atoms in total. The highest BCUT2D eigenvalue weighted by Crippen LogP contribution is 2.27. The lowest BCUT2D eigenvalue weighted by Gasteiger charge is -2.29. The van der Waals surface area contributed by atoms with Crippen LogP contribution >= 0.6 is 0 Å². The van der Waals surface area contributed by atoms with Crippen molar-refractivity contribution in [3.05, 3.63) is 35.5 Å². The van der Waals surface area contributed by atoms with Gasteiger partial charge in [0.05, 0.1) is 24.4 Å². The molecule has 24 heavy (non-hydrogen) atoms. The molecule has 1 aliphatic carbocycles. The summed E-state index contributed by atoms with van der Waals surface area (Å²) >= 11 is 0. The molecule has 0 aliphatic heterocycles. The lowest BCUT2D eigenvalue weighted by molar-refractivity contribution is -0.0693. The summed E-state index contributed by atoms with van der Waals surface area (Å²) < 4.78 is 0. The van der Waals surface area contributed by atoms with Gasteiger partial charge in [0.1, 0.15) is 0 Å². The lowest BCUT2D eigenvalue weighted by atomic mass is 9.85. The van der Waals surface area contributed by atoms with E-state index in [1.807, 2.05) is 13.8 Å². The fourth-order valence-corrected chi connectivity index (χ4v) is 3.18. The fraction of sp³-hybridized carbons (Fsp3) is 0.700. The van der Waals surface area contributed by atoms with Crippen molar-refractivity contribution in [2.45, 2.75) is 77.1 Å². The Morgan fingerprint density at radius 3 is 2.54 bits per heavy atom. The maximum atomic E-state index is 10.5. The summed E-state index contributed by atoms with van der Waals surface area (Å²) in [5.41, 5.74) is 1.68. The molecule has 0 bridgehead atoms.